The standard InChI is InChI=1S/C6H8N2O3S.C4H11N/c7-4-1-2-6(5(8)3-4)12(9,10)11;1-4-5(2)3/h1-3H,7-8H2,(H,9,10,11);4H2,1-3H3. The maximum Gasteiger partial charge on any atom is 0.126 e. The second kappa shape index (κ2) is 6.43. The first-order valence-electron chi connectivity index (χ1n) is 5.08. The summed E-state index contributed by atoms with van der Waals surface area (Å²) >= 11 is 0. The van der Waals surface area contributed by atoms with Crippen LogP contribution in [0.1, 0.15) is 6.92 Å². The molecule has 0 aliphatic heterocycles. The van der Waals surface area contributed by atoms with E-state index in [4.69, 9.17) is 11.5 Å². The van der Waals surface area contributed by atoms with Gasteiger partial charge in [-0.15, -0.1) is 0 Å². The molecule has 0 saturated heterocycles. The molecule has 0 fully saturated rings. The molecule has 1 rings (SSSR count). The van der Waals surface area contributed by atoms with Gasteiger partial charge < -0.3 is 20.9 Å². The highest BCUT2D eigenvalue weighted by molar-refractivity contribution is 7.86. The van der Waals surface area contributed by atoms with E-state index in [9.17, 15) is 13.0 Å². The van der Waals surface area contributed by atoms with Crippen molar-refractivity contribution in [3.05, 3.63) is 18.2 Å². The third-order valence-electron chi connectivity index (χ3n) is 2.01. The fourth-order valence-corrected chi connectivity index (χ4v) is 1.38. The molecule has 0 aromatic heterocycles. The number of anilines is 2. The van der Waals surface area contributed by atoms with E-state index in [1.807, 2.05) is 0 Å². The average molecular weight is 261 g/mol. The molecule has 0 aliphatic rings. The fraction of sp³-hybridized carbons (Fsp3) is 0.400. The van der Waals surface area contributed by atoms with Crippen LogP contribution in [-0.4, -0.2) is 33.6 Å². The topological polar surface area (TPSA) is 114 Å². The van der Waals surface area contributed by atoms with Crippen molar-refractivity contribution in [1.29, 1.82) is 0 Å². The third-order valence-corrected chi connectivity index (χ3v) is 2.92. The summed E-state index contributed by atoms with van der Waals surface area (Å²) in [4.78, 5) is 1.07. The van der Waals surface area contributed by atoms with Crippen molar-refractivity contribution in [3.63, 3.8) is 0 Å². The zero-order valence-corrected chi connectivity index (χ0v) is 11.0. The van der Waals surface area contributed by atoms with Crippen LogP contribution in [0.4, 0.5) is 11.4 Å². The van der Waals surface area contributed by atoms with Crippen LogP contribution in [0.5, 0.6) is 0 Å². The summed E-state index contributed by atoms with van der Waals surface area (Å²) in [5.41, 5.74) is 10.7. The smallest absolute Gasteiger partial charge is 0.126 e. The van der Waals surface area contributed by atoms with Crippen LogP contribution in [0.3, 0.4) is 0 Å². The minimum Gasteiger partial charge on any atom is -0.744 e. The lowest BCUT2D eigenvalue weighted by atomic mass is 10.3. The number of hydrogen-bond acceptors (Lipinski definition) is 5. The molecule has 0 amide bonds. The van der Waals surface area contributed by atoms with Crippen molar-refractivity contribution < 1.29 is 17.9 Å². The van der Waals surface area contributed by atoms with E-state index in [1.54, 1.807) is 0 Å². The van der Waals surface area contributed by atoms with E-state index in [1.165, 1.54) is 23.6 Å². The summed E-state index contributed by atoms with van der Waals surface area (Å²) in [7, 11) is -0.203. The molecule has 0 aliphatic carbocycles. The molecule has 6 nitrogen and oxygen atoms in total. The normalized spacial score (nSPS) is 10.9. The first kappa shape index (κ1) is 15.7. The number of quaternary nitrogens is 1. The molecule has 0 radical (unpaired) electrons. The molecule has 0 atom stereocenters. The Balaban J connectivity index is 0.000000437. The van der Waals surface area contributed by atoms with Gasteiger partial charge in [-0.1, -0.05) is 0 Å². The van der Waals surface area contributed by atoms with Crippen molar-refractivity contribution in [2.75, 3.05) is 32.1 Å². The maximum absolute atomic E-state index is 10.5. The molecular formula is C10H19N3O3S. The molecule has 5 N–H and O–H groups in total. The molecule has 1 aromatic rings. The van der Waals surface area contributed by atoms with E-state index >= 15 is 0 Å². The summed E-state index contributed by atoms with van der Waals surface area (Å²) < 4.78 is 31.5. The molecule has 0 spiro atoms. The van der Waals surface area contributed by atoms with Gasteiger partial charge in [0.15, 0.2) is 0 Å². The fourth-order valence-electron chi connectivity index (χ4n) is 0.795. The summed E-state index contributed by atoms with van der Waals surface area (Å²) in [6.07, 6.45) is 0. The van der Waals surface area contributed by atoms with E-state index in [2.05, 4.69) is 21.0 Å². The molecule has 1 aromatic carbocycles. The lowest BCUT2D eigenvalue weighted by Gasteiger charge is -2.09. The van der Waals surface area contributed by atoms with Crippen molar-refractivity contribution >= 4 is 21.5 Å². The summed E-state index contributed by atoms with van der Waals surface area (Å²) in [6.45, 7) is 3.38. The Morgan fingerprint density at radius 1 is 1.29 bits per heavy atom. The van der Waals surface area contributed by atoms with Gasteiger partial charge in [0, 0.05) is 5.69 Å². The number of benzene rings is 1. The van der Waals surface area contributed by atoms with Crippen LogP contribution in [-0.2, 0) is 10.1 Å². The van der Waals surface area contributed by atoms with Gasteiger partial charge in [0.2, 0.25) is 0 Å². The number of rotatable bonds is 2. The lowest BCUT2D eigenvalue weighted by molar-refractivity contribution is -0.856. The zero-order chi connectivity index (χ0) is 13.6. The van der Waals surface area contributed by atoms with E-state index in [0.29, 0.717) is 5.69 Å². The van der Waals surface area contributed by atoms with Crippen LogP contribution in [0.2, 0.25) is 0 Å². The quantitative estimate of drug-likeness (QED) is 0.462. The molecule has 0 saturated carbocycles. The summed E-state index contributed by atoms with van der Waals surface area (Å²) in [5, 5.41) is 0. The van der Waals surface area contributed by atoms with Crippen molar-refractivity contribution in [2.45, 2.75) is 11.8 Å². The van der Waals surface area contributed by atoms with E-state index in [-0.39, 0.29) is 5.69 Å². The molecule has 98 valence electrons. The summed E-state index contributed by atoms with van der Waals surface area (Å²) in [6, 6.07) is 3.62. The Hall–Kier alpha value is -1.31. The highest BCUT2D eigenvalue weighted by Crippen LogP contribution is 2.19. The van der Waals surface area contributed by atoms with Gasteiger partial charge in [-0.2, -0.15) is 0 Å². The minimum absolute atomic E-state index is 0.120. The van der Waals surface area contributed by atoms with Crippen LogP contribution >= 0.6 is 0 Å². The van der Waals surface area contributed by atoms with Crippen LogP contribution in [0.25, 0.3) is 0 Å². The highest BCUT2D eigenvalue weighted by atomic mass is 32.2. The van der Waals surface area contributed by atoms with Gasteiger partial charge >= 0.3 is 0 Å². The predicted molar refractivity (Wildman–Crippen MR) is 66.6 cm³/mol. The molecule has 0 heterocycles. The van der Waals surface area contributed by atoms with Gasteiger partial charge in [0.1, 0.15) is 10.1 Å². The predicted octanol–water partition coefficient (Wildman–Crippen LogP) is -1.09. The number of hydrogen-bond donors (Lipinski definition) is 3. The number of nitrogens with one attached hydrogen (secondary N) is 1. The van der Waals surface area contributed by atoms with Crippen LogP contribution in [0.15, 0.2) is 23.1 Å². The number of nitrogens with two attached hydrogens (primary N) is 2. The monoisotopic (exact) mass is 261 g/mol. The van der Waals surface area contributed by atoms with Crippen molar-refractivity contribution in [1.82, 2.24) is 0 Å². The van der Waals surface area contributed by atoms with E-state index in [0.717, 1.165) is 6.07 Å². The number of nitrogen functional groups attached to an aromatic ring is 2. The first-order chi connectivity index (χ1) is 7.68. The molecule has 17 heavy (non-hydrogen) atoms. The molecular weight excluding hydrogens is 242 g/mol. The van der Waals surface area contributed by atoms with Crippen LogP contribution in [0, 0.1) is 0 Å². The first-order valence-corrected chi connectivity index (χ1v) is 6.49. The second-order valence-electron chi connectivity index (χ2n) is 3.81. The van der Waals surface area contributed by atoms with Crippen LogP contribution < -0.4 is 16.4 Å². The largest absolute Gasteiger partial charge is 0.744 e. The van der Waals surface area contributed by atoms with E-state index < -0.39 is 15.0 Å². The lowest BCUT2D eigenvalue weighted by Crippen LogP contribution is -3.05. The SMILES string of the molecule is CC[NH+](C)C.Nc1ccc(S(=O)(=O)[O-])c(N)c1. The maximum atomic E-state index is 10.5. The second-order valence-corrected chi connectivity index (χ2v) is 5.16. The Morgan fingerprint density at radius 2 is 1.76 bits per heavy atom. The van der Waals surface area contributed by atoms with Gasteiger partial charge in [-0.3, -0.25) is 0 Å². The third kappa shape index (κ3) is 6.10. The Kier molecular flexibility index (Phi) is 5.94. The Labute approximate surface area is 102 Å². The summed E-state index contributed by atoms with van der Waals surface area (Å²) in [5.74, 6) is 0. The Bertz CT molecular complexity index is 458. The molecule has 0 bridgehead atoms. The average Bonchev–Trinajstić information content (AvgIpc) is 2.16. The van der Waals surface area contributed by atoms with Crippen molar-refractivity contribution in [2.24, 2.45) is 0 Å². The minimum atomic E-state index is -4.48. The van der Waals surface area contributed by atoms with Gasteiger partial charge in [-0.05, 0) is 25.1 Å². The van der Waals surface area contributed by atoms with Gasteiger partial charge in [0.05, 0.1) is 31.2 Å². The van der Waals surface area contributed by atoms with Gasteiger partial charge in [-0.25, -0.2) is 8.42 Å². The highest BCUT2D eigenvalue weighted by Gasteiger charge is 2.05. The Morgan fingerprint density at radius 3 is 2.06 bits per heavy atom. The molecule has 0 unspecified atom stereocenters. The van der Waals surface area contributed by atoms with Crippen molar-refractivity contribution in [3.8, 4) is 0 Å². The zero-order valence-electron chi connectivity index (χ0n) is 10.2. The molecule has 7 heteroatoms. The van der Waals surface area contributed by atoms with Gasteiger partial charge in [0.25, 0.3) is 0 Å².